The Morgan fingerprint density at radius 3 is 2.33 bits per heavy atom. The summed E-state index contributed by atoms with van der Waals surface area (Å²) < 4.78 is 0. The van der Waals surface area contributed by atoms with Crippen LogP contribution in [0.2, 0.25) is 0 Å². The molecule has 1 aliphatic carbocycles. The number of carboxylic acids is 1. The van der Waals surface area contributed by atoms with Crippen molar-refractivity contribution in [2.75, 3.05) is 12.3 Å². The summed E-state index contributed by atoms with van der Waals surface area (Å²) >= 11 is 0. The van der Waals surface area contributed by atoms with Crippen LogP contribution < -0.4 is 5.73 Å². The molecule has 0 aliphatic heterocycles. The largest absolute Gasteiger partial charge is 0.480 e. The predicted molar refractivity (Wildman–Crippen MR) is 80.9 cm³/mol. The topological polar surface area (TPSA) is 83.6 Å². The Morgan fingerprint density at radius 1 is 1.33 bits per heavy atom. The van der Waals surface area contributed by atoms with Gasteiger partial charge in [-0.1, -0.05) is 19.1 Å². The Bertz CT molecular complexity index is 535. The van der Waals surface area contributed by atoms with Gasteiger partial charge in [0.15, 0.2) is 0 Å². The van der Waals surface area contributed by atoms with E-state index in [0.29, 0.717) is 5.69 Å². The number of hydrogen-bond donors (Lipinski definition) is 2. The third-order valence-corrected chi connectivity index (χ3v) is 4.31. The maximum Gasteiger partial charge on any atom is 0.323 e. The van der Waals surface area contributed by atoms with Crippen molar-refractivity contribution in [2.24, 2.45) is 0 Å². The SMILES string of the molecule is CCC(C)N(CC(=O)O)C(=O)C1(c2ccc(N)cc2)CC1. The van der Waals surface area contributed by atoms with E-state index in [-0.39, 0.29) is 18.5 Å². The lowest BCUT2D eigenvalue weighted by molar-refractivity contribution is -0.147. The quantitative estimate of drug-likeness (QED) is 0.785. The molecule has 1 amide bonds. The third-order valence-electron chi connectivity index (χ3n) is 4.31. The molecule has 0 bridgehead atoms. The van der Waals surface area contributed by atoms with Crippen molar-refractivity contribution in [3.8, 4) is 0 Å². The van der Waals surface area contributed by atoms with Crippen LogP contribution in [0.15, 0.2) is 24.3 Å². The molecule has 1 saturated carbocycles. The van der Waals surface area contributed by atoms with E-state index in [1.54, 1.807) is 12.1 Å². The van der Waals surface area contributed by atoms with Crippen molar-refractivity contribution < 1.29 is 14.7 Å². The van der Waals surface area contributed by atoms with Crippen molar-refractivity contribution in [1.29, 1.82) is 0 Å². The molecular weight excluding hydrogens is 268 g/mol. The van der Waals surface area contributed by atoms with Crippen LogP contribution in [-0.4, -0.2) is 34.5 Å². The van der Waals surface area contributed by atoms with Gasteiger partial charge in [0, 0.05) is 11.7 Å². The highest BCUT2D eigenvalue weighted by Crippen LogP contribution is 2.50. The molecule has 1 aromatic carbocycles. The van der Waals surface area contributed by atoms with Gasteiger partial charge < -0.3 is 15.7 Å². The van der Waals surface area contributed by atoms with E-state index < -0.39 is 11.4 Å². The number of aliphatic carboxylic acids is 1. The summed E-state index contributed by atoms with van der Waals surface area (Å²) in [7, 11) is 0. The zero-order valence-corrected chi connectivity index (χ0v) is 12.5. The summed E-state index contributed by atoms with van der Waals surface area (Å²) in [6, 6.07) is 7.23. The van der Waals surface area contributed by atoms with E-state index in [1.165, 1.54) is 4.90 Å². The van der Waals surface area contributed by atoms with Crippen molar-refractivity contribution in [3.05, 3.63) is 29.8 Å². The molecule has 1 aromatic rings. The Hall–Kier alpha value is -2.04. The number of nitrogens with two attached hydrogens (primary N) is 1. The zero-order chi connectivity index (χ0) is 15.6. The monoisotopic (exact) mass is 290 g/mol. The summed E-state index contributed by atoms with van der Waals surface area (Å²) in [6.07, 6.45) is 2.27. The van der Waals surface area contributed by atoms with Crippen LogP contribution in [0.4, 0.5) is 5.69 Å². The fourth-order valence-electron chi connectivity index (χ4n) is 2.62. The van der Waals surface area contributed by atoms with Crippen LogP contribution >= 0.6 is 0 Å². The second kappa shape index (κ2) is 5.76. The fourth-order valence-corrected chi connectivity index (χ4v) is 2.62. The van der Waals surface area contributed by atoms with Gasteiger partial charge in [-0.3, -0.25) is 9.59 Å². The second-order valence-corrected chi connectivity index (χ2v) is 5.79. The van der Waals surface area contributed by atoms with Crippen LogP contribution in [0.1, 0.15) is 38.7 Å². The molecule has 2 rings (SSSR count). The Morgan fingerprint density at radius 2 is 1.90 bits per heavy atom. The van der Waals surface area contributed by atoms with Gasteiger partial charge in [0.1, 0.15) is 6.54 Å². The molecule has 0 spiro atoms. The van der Waals surface area contributed by atoms with Gasteiger partial charge >= 0.3 is 5.97 Å². The maximum absolute atomic E-state index is 12.9. The molecule has 0 radical (unpaired) electrons. The average Bonchev–Trinajstić information content (AvgIpc) is 3.25. The highest BCUT2D eigenvalue weighted by molar-refractivity contribution is 5.93. The fraction of sp³-hybridized carbons (Fsp3) is 0.500. The number of amides is 1. The lowest BCUT2D eigenvalue weighted by Gasteiger charge is -2.31. The van der Waals surface area contributed by atoms with E-state index in [0.717, 1.165) is 24.8 Å². The van der Waals surface area contributed by atoms with Crippen molar-refractivity contribution in [2.45, 2.75) is 44.6 Å². The number of benzene rings is 1. The van der Waals surface area contributed by atoms with Gasteiger partial charge in [-0.2, -0.15) is 0 Å². The number of nitrogens with zero attached hydrogens (tertiary/aromatic N) is 1. The predicted octanol–water partition coefficient (Wildman–Crippen LogP) is 2.01. The number of nitrogen functional groups attached to an aromatic ring is 1. The van der Waals surface area contributed by atoms with Crippen molar-refractivity contribution in [3.63, 3.8) is 0 Å². The highest BCUT2D eigenvalue weighted by atomic mass is 16.4. The molecule has 0 heterocycles. The molecule has 1 fully saturated rings. The van der Waals surface area contributed by atoms with Gasteiger partial charge in [-0.25, -0.2) is 0 Å². The summed E-state index contributed by atoms with van der Waals surface area (Å²) in [5, 5.41) is 9.06. The van der Waals surface area contributed by atoms with Gasteiger partial charge in [-0.15, -0.1) is 0 Å². The van der Waals surface area contributed by atoms with Crippen LogP contribution in [0.25, 0.3) is 0 Å². The first-order valence-corrected chi connectivity index (χ1v) is 7.29. The summed E-state index contributed by atoms with van der Waals surface area (Å²) in [5.74, 6) is -1.05. The van der Waals surface area contributed by atoms with E-state index in [9.17, 15) is 9.59 Å². The lowest BCUT2D eigenvalue weighted by atomic mass is 9.93. The molecule has 114 valence electrons. The van der Waals surface area contributed by atoms with Gasteiger partial charge in [0.2, 0.25) is 5.91 Å². The average molecular weight is 290 g/mol. The molecule has 1 aliphatic rings. The van der Waals surface area contributed by atoms with Crippen LogP contribution in [0.3, 0.4) is 0 Å². The van der Waals surface area contributed by atoms with Gasteiger partial charge in [-0.05, 0) is 43.9 Å². The summed E-state index contributed by atoms with van der Waals surface area (Å²) in [6.45, 7) is 3.60. The summed E-state index contributed by atoms with van der Waals surface area (Å²) in [5.41, 5.74) is 6.73. The zero-order valence-electron chi connectivity index (χ0n) is 12.5. The molecular formula is C16H22N2O3. The first kappa shape index (κ1) is 15.4. The number of carbonyl (C=O) groups excluding carboxylic acids is 1. The van der Waals surface area contributed by atoms with E-state index in [1.807, 2.05) is 26.0 Å². The minimum absolute atomic E-state index is 0.0796. The Balaban J connectivity index is 2.27. The van der Waals surface area contributed by atoms with Crippen molar-refractivity contribution >= 4 is 17.6 Å². The number of carboxylic acid groups (broad SMARTS) is 1. The van der Waals surface area contributed by atoms with Gasteiger partial charge in [0.25, 0.3) is 0 Å². The first-order chi connectivity index (χ1) is 9.90. The van der Waals surface area contributed by atoms with Gasteiger partial charge in [0.05, 0.1) is 5.41 Å². The van der Waals surface area contributed by atoms with Crippen LogP contribution in [-0.2, 0) is 15.0 Å². The lowest BCUT2D eigenvalue weighted by Crippen LogP contribution is -2.46. The first-order valence-electron chi connectivity index (χ1n) is 7.29. The third kappa shape index (κ3) is 3.01. The molecule has 1 unspecified atom stereocenters. The molecule has 5 nitrogen and oxygen atoms in total. The normalized spacial score (nSPS) is 17.0. The van der Waals surface area contributed by atoms with Crippen molar-refractivity contribution in [1.82, 2.24) is 4.90 Å². The minimum atomic E-state index is -0.975. The molecule has 0 aromatic heterocycles. The molecule has 1 atom stereocenters. The second-order valence-electron chi connectivity index (χ2n) is 5.79. The Labute approximate surface area is 124 Å². The van der Waals surface area contributed by atoms with E-state index in [4.69, 9.17) is 10.8 Å². The minimum Gasteiger partial charge on any atom is -0.480 e. The number of carbonyl (C=O) groups is 2. The smallest absolute Gasteiger partial charge is 0.323 e. The van der Waals surface area contributed by atoms with Crippen LogP contribution in [0.5, 0.6) is 0 Å². The number of rotatable bonds is 6. The number of anilines is 1. The molecule has 3 N–H and O–H groups in total. The molecule has 5 heteroatoms. The number of hydrogen-bond acceptors (Lipinski definition) is 3. The molecule has 21 heavy (non-hydrogen) atoms. The highest BCUT2D eigenvalue weighted by Gasteiger charge is 2.53. The summed E-state index contributed by atoms with van der Waals surface area (Å²) in [4.78, 5) is 25.4. The van der Waals surface area contributed by atoms with Crippen LogP contribution in [0, 0.1) is 0 Å². The standard InChI is InChI=1S/C16H22N2O3/c1-3-11(2)18(10-14(19)20)15(21)16(8-9-16)12-4-6-13(17)7-5-12/h4-7,11H,3,8-10,17H2,1-2H3,(H,19,20). The maximum atomic E-state index is 12.9. The Kier molecular flexibility index (Phi) is 4.21. The molecule has 0 saturated heterocycles. The van der Waals surface area contributed by atoms with E-state index in [2.05, 4.69) is 0 Å². The van der Waals surface area contributed by atoms with E-state index >= 15 is 0 Å².